The Morgan fingerprint density at radius 2 is 2.12 bits per heavy atom. The number of rotatable bonds is 5. The number of aliphatic hydroxyl groups excluding tert-OH is 1. The third kappa shape index (κ3) is 3.44. The molecule has 1 aliphatic rings. The van der Waals surface area contributed by atoms with Crippen LogP contribution in [-0.4, -0.2) is 31.4 Å². The maximum atomic E-state index is 9.45. The summed E-state index contributed by atoms with van der Waals surface area (Å²) in [5.74, 6) is 0.882. The van der Waals surface area contributed by atoms with Crippen LogP contribution in [0.1, 0.15) is 12.8 Å². The van der Waals surface area contributed by atoms with Gasteiger partial charge >= 0.3 is 0 Å². The Kier molecular flexibility index (Phi) is 4.42. The van der Waals surface area contributed by atoms with E-state index in [0.29, 0.717) is 6.61 Å². The van der Waals surface area contributed by atoms with Gasteiger partial charge < -0.3 is 15.2 Å². The van der Waals surface area contributed by atoms with Gasteiger partial charge in [-0.25, -0.2) is 0 Å². The fraction of sp³-hybridized carbons (Fsp3) is 0.538. The van der Waals surface area contributed by atoms with Crippen molar-refractivity contribution in [3.63, 3.8) is 0 Å². The number of benzene rings is 1. The highest BCUT2D eigenvalue weighted by Gasteiger charge is 2.32. The Hall–Kier alpha value is -0.580. The molecule has 1 aromatic carbocycles. The van der Waals surface area contributed by atoms with Gasteiger partial charge in [0.15, 0.2) is 0 Å². The van der Waals surface area contributed by atoms with Crippen molar-refractivity contribution in [1.29, 1.82) is 0 Å². The molecular formula is C13H18BrNO2. The predicted octanol–water partition coefficient (Wildman–Crippen LogP) is 2.19. The number of hydrogen-bond donors (Lipinski definition) is 2. The topological polar surface area (TPSA) is 41.5 Å². The maximum Gasteiger partial charge on any atom is 0.119 e. The third-order valence-electron chi connectivity index (χ3n) is 3.38. The predicted molar refractivity (Wildman–Crippen MR) is 71.3 cm³/mol. The summed E-state index contributed by atoms with van der Waals surface area (Å²) in [6.07, 6.45) is 1.93. The summed E-state index contributed by atoms with van der Waals surface area (Å²) in [5.41, 5.74) is 0.0232. The second kappa shape index (κ2) is 5.85. The SMILES string of the molecule is OCC1(CCOc2ccc(Br)cc2)CCNC1. The van der Waals surface area contributed by atoms with E-state index in [-0.39, 0.29) is 12.0 Å². The van der Waals surface area contributed by atoms with Crippen LogP contribution in [0, 0.1) is 5.41 Å². The van der Waals surface area contributed by atoms with E-state index in [4.69, 9.17) is 4.74 Å². The van der Waals surface area contributed by atoms with E-state index in [0.717, 1.165) is 36.2 Å². The summed E-state index contributed by atoms with van der Waals surface area (Å²) in [7, 11) is 0. The average molecular weight is 300 g/mol. The summed E-state index contributed by atoms with van der Waals surface area (Å²) in [5, 5.41) is 12.7. The molecule has 17 heavy (non-hydrogen) atoms. The van der Waals surface area contributed by atoms with Crippen LogP contribution in [0.2, 0.25) is 0 Å². The molecule has 1 unspecified atom stereocenters. The second-order valence-corrected chi connectivity index (χ2v) is 5.55. The van der Waals surface area contributed by atoms with E-state index in [9.17, 15) is 5.11 Å². The Bertz CT molecular complexity index is 347. The molecule has 0 aliphatic carbocycles. The molecule has 1 fully saturated rings. The Balaban J connectivity index is 1.80. The Morgan fingerprint density at radius 3 is 2.71 bits per heavy atom. The van der Waals surface area contributed by atoms with Crippen molar-refractivity contribution < 1.29 is 9.84 Å². The van der Waals surface area contributed by atoms with Crippen LogP contribution in [-0.2, 0) is 0 Å². The second-order valence-electron chi connectivity index (χ2n) is 4.64. The quantitative estimate of drug-likeness (QED) is 0.876. The summed E-state index contributed by atoms with van der Waals surface area (Å²) in [6, 6.07) is 7.83. The highest BCUT2D eigenvalue weighted by Crippen LogP contribution is 2.29. The van der Waals surface area contributed by atoms with Crippen LogP contribution in [0.15, 0.2) is 28.7 Å². The highest BCUT2D eigenvalue weighted by atomic mass is 79.9. The molecule has 0 amide bonds. The Morgan fingerprint density at radius 1 is 1.35 bits per heavy atom. The molecule has 3 nitrogen and oxygen atoms in total. The summed E-state index contributed by atoms with van der Waals surface area (Å²) in [4.78, 5) is 0. The minimum absolute atomic E-state index is 0.0232. The lowest BCUT2D eigenvalue weighted by Crippen LogP contribution is -2.30. The van der Waals surface area contributed by atoms with Gasteiger partial charge in [0.05, 0.1) is 13.2 Å². The van der Waals surface area contributed by atoms with Gasteiger partial charge in [0.2, 0.25) is 0 Å². The zero-order valence-electron chi connectivity index (χ0n) is 9.79. The van der Waals surface area contributed by atoms with E-state index in [1.807, 2.05) is 24.3 Å². The lowest BCUT2D eigenvalue weighted by atomic mass is 9.85. The first kappa shape index (κ1) is 12.9. The van der Waals surface area contributed by atoms with E-state index < -0.39 is 0 Å². The van der Waals surface area contributed by atoms with Crippen molar-refractivity contribution in [3.8, 4) is 5.75 Å². The first-order chi connectivity index (χ1) is 8.24. The number of ether oxygens (including phenoxy) is 1. The molecule has 0 spiro atoms. The average Bonchev–Trinajstić information content (AvgIpc) is 2.81. The van der Waals surface area contributed by atoms with Gasteiger partial charge in [-0.2, -0.15) is 0 Å². The van der Waals surface area contributed by atoms with E-state index in [2.05, 4.69) is 21.2 Å². The first-order valence-corrected chi connectivity index (χ1v) is 6.73. The molecule has 1 atom stereocenters. The monoisotopic (exact) mass is 299 g/mol. The van der Waals surface area contributed by atoms with Crippen molar-refractivity contribution in [1.82, 2.24) is 5.32 Å². The van der Waals surface area contributed by atoms with Crippen LogP contribution < -0.4 is 10.1 Å². The minimum atomic E-state index is 0.0232. The molecule has 1 heterocycles. The Labute approximate surface area is 110 Å². The molecular weight excluding hydrogens is 282 g/mol. The van der Waals surface area contributed by atoms with Gasteiger partial charge in [-0.15, -0.1) is 0 Å². The van der Waals surface area contributed by atoms with E-state index in [1.54, 1.807) is 0 Å². The van der Waals surface area contributed by atoms with Crippen LogP contribution in [0.25, 0.3) is 0 Å². The zero-order chi connectivity index (χ0) is 12.1. The van der Waals surface area contributed by atoms with Gasteiger partial charge in [-0.05, 0) is 43.7 Å². The van der Waals surface area contributed by atoms with Crippen molar-refractivity contribution in [2.24, 2.45) is 5.41 Å². The van der Waals surface area contributed by atoms with Gasteiger partial charge in [0, 0.05) is 16.4 Å². The largest absolute Gasteiger partial charge is 0.494 e. The number of hydrogen-bond acceptors (Lipinski definition) is 3. The molecule has 0 radical (unpaired) electrons. The van der Waals surface area contributed by atoms with Crippen molar-refractivity contribution in [3.05, 3.63) is 28.7 Å². The third-order valence-corrected chi connectivity index (χ3v) is 3.91. The zero-order valence-corrected chi connectivity index (χ0v) is 11.4. The lowest BCUT2D eigenvalue weighted by Gasteiger charge is -2.25. The molecule has 0 aromatic heterocycles. The van der Waals surface area contributed by atoms with E-state index in [1.165, 1.54) is 0 Å². The molecule has 4 heteroatoms. The summed E-state index contributed by atoms with van der Waals surface area (Å²) in [6.45, 7) is 2.79. The molecule has 0 bridgehead atoms. The van der Waals surface area contributed by atoms with Crippen LogP contribution in [0.4, 0.5) is 0 Å². The fourth-order valence-corrected chi connectivity index (χ4v) is 2.40. The normalized spacial score (nSPS) is 23.9. The number of halogens is 1. The van der Waals surface area contributed by atoms with Crippen molar-refractivity contribution in [2.45, 2.75) is 12.8 Å². The highest BCUT2D eigenvalue weighted by molar-refractivity contribution is 9.10. The molecule has 1 aliphatic heterocycles. The molecule has 2 rings (SSSR count). The van der Waals surface area contributed by atoms with E-state index >= 15 is 0 Å². The minimum Gasteiger partial charge on any atom is -0.494 e. The lowest BCUT2D eigenvalue weighted by molar-refractivity contribution is 0.112. The number of nitrogens with one attached hydrogen (secondary N) is 1. The van der Waals surface area contributed by atoms with Gasteiger partial charge in [-0.3, -0.25) is 0 Å². The first-order valence-electron chi connectivity index (χ1n) is 5.94. The fourth-order valence-electron chi connectivity index (χ4n) is 2.14. The van der Waals surface area contributed by atoms with Crippen molar-refractivity contribution >= 4 is 15.9 Å². The molecule has 2 N–H and O–H groups in total. The standard InChI is InChI=1S/C13H18BrNO2/c14-11-1-3-12(4-2-11)17-8-6-13(10-16)5-7-15-9-13/h1-4,15-16H,5-10H2. The number of aliphatic hydroxyl groups is 1. The van der Waals surface area contributed by atoms with Gasteiger partial charge in [0.1, 0.15) is 5.75 Å². The molecule has 1 aromatic rings. The molecule has 94 valence electrons. The molecule has 1 saturated heterocycles. The summed E-state index contributed by atoms with van der Waals surface area (Å²) < 4.78 is 6.74. The summed E-state index contributed by atoms with van der Waals surface area (Å²) >= 11 is 3.39. The van der Waals surface area contributed by atoms with Crippen LogP contribution in [0.3, 0.4) is 0 Å². The van der Waals surface area contributed by atoms with Gasteiger partial charge in [-0.1, -0.05) is 15.9 Å². The smallest absolute Gasteiger partial charge is 0.119 e. The molecule has 0 saturated carbocycles. The van der Waals surface area contributed by atoms with Crippen molar-refractivity contribution in [2.75, 3.05) is 26.3 Å². The maximum absolute atomic E-state index is 9.45. The van der Waals surface area contributed by atoms with Crippen LogP contribution in [0.5, 0.6) is 5.75 Å². The van der Waals surface area contributed by atoms with Gasteiger partial charge in [0.25, 0.3) is 0 Å². The van der Waals surface area contributed by atoms with Crippen LogP contribution >= 0.6 is 15.9 Å².